The van der Waals surface area contributed by atoms with E-state index in [2.05, 4.69) is 16.9 Å². The maximum absolute atomic E-state index is 10.4. The van der Waals surface area contributed by atoms with Gasteiger partial charge in [0.1, 0.15) is 11.5 Å². The van der Waals surface area contributed by atoms with E-state index in [1.165, 1.54) is 0 Å². The summed E-state index contributed by atoms with van der Waals surface area (Å²) < 4.78 is 0. The summed E-state index contributed by atoms with van der Waals surface area (Å²) in [4.78, 5) is 20.3. The normalized spacial score (nSPS) is 9.93. The second kappa shape index (κ2) is 4.91. The minimum Gasteiger partial charge on any atom is -0.358 e. The second-order valence-corrected chi connectivity index (χ2v) is 3.30. The molecular weight excluding hydrogens is 202 g/mol. The lowest BCUT2D eigenvalue weighted by Gasteiger charge is -2.16. The van der Waals surface area contributed by atoms with Crippen LogP contribution in [0.25, 0.3) is 0 Å². The average molecular weight is 214 g/mol. The quantitative estimate of drug-likeness (QED) is 0.716. The molecule has 1 heterocycles. The molecular formula is C9H12ClN3O. The van der Waals surface area contributed by atoms with Crippen molar-refractivity contribution in [3.63, 3.8) is 0 Å². The Morgan fingerprint density at radius 3 is 2.86 bits per heavy atom. The number of rotatable bonds is 4. The number of aromatic nitrogens is 2. The summed E-state index contributed by atoms with van der Waals surface area (Å²) >= 11 is 5.74. The van der Waals surface area contributed by atoms with Crippen LogP contribution in [-0.4, -0.2) is 29.8 Å². The summed E-state index contributed by atoms with van der Waals surface area (Å²) in [6, 6.07) is 0. The largest absolute Gasteiger partial charge is 0.358 e. The lowest BCUT2D eigenvalue weighted by Crippen LogP contribution is -2.19. The zero-order valence-corrected chi connectivity index (χ0v) is 8.95. The molecule has 0 saturated carbocycles. The predicted molar refractivity (Wildman–Crippen MR) is 56.0 cm³/mol. The van der Waals surface area contributed by atoms with Crippen molar-refractivity contribution in [2.45, 2.75) is 13.3 Å². The molecule has 1 aromatic rings. The second-order valence-electron chi connectivity index (χ2n) is 2.94. The molecule has 1 aromatic heterocycles. The van der Waals surface area contributed by atoms with Gasteiger partial charge in [-0.25, -0.2) is 9.97 Å². The van der Waals surface area contributed by atoms with Crippen molar-refractivity contribution < 1.29 is 4.79 Å². The van der Waals surface area contributed by atoms with Gasteiger partial charge in [0.2, 0.25) is 0 Å². The van der Waals surface area contributed by atoms with E-state index in [1.54, 1.807) is 6.20 Å². The number of carbonyl (C=O) groups excluding carboxylic acids is 1. The Morgan fingerprint density at radius 2 is 2.36 bits per heavy atom. The van der Waals surface area contributed by atoms with Gasteiger partial charge in [-0.3, -0.25) is 4.79 Å². The van der Waals surface area contributed by atoms with Gasteiger partial charge in [0.25, 0.3) is 0 Å². The Kier molecular flexibility index (Phi) is 3.83. The van der Waals surface area contributed by atoms with Gasteiger partial charge in [-0.1, -0.05) is 18.5 Å². The molecule has 4 nitrogen and oxygen atoms in total. The van der Waals surface area contributed by atoms with Crippen LogP contribution in [0.1, 0.15) is 23.8 Å². The third-order valence-corrected chi connectivity index (χ3v) is 2.08. The minimum absolute atomic E-state index is 0.153. The van der Waals surface area contributed by atoms with E-state index >= 15 is 0 Å². The Balaban J connectivity index is 2.90. The maximum atomic E-state index is 10.4. The lowest BCUT2D eigenvalue weighted by atomic mass is 10.4. The standard InChI is InChI=1S/C9H12ClN3O/c1-3-4-13(2)8-5-11-7(6-14)9(10)12-8/h5-6H,3-4H2,1-2H3. The molecule has 0 atom stereocenters. The van der Waals surface area contributed by atoms with Crippen LogP contribution in [0, 0.1) is 0 Å². The van der Waals surface area contributed by atoms with Gasteiger partial charge < -0.3 is 4.90 Å². The van der Waals surface area contributed by atoms with E-state index < -0.39 is 0 Å². The van der Waals surface area contributed by atoms with E-state index in [-0.39, 0.29) is 10.8 Å². The van der Waals surface area contributed by atoms with E-state index in [9.17, 15) is 4.79 Å². The Morgan fingerprint density at radius 1 is 1.64 bits per heavy atom. The zero-order valence-electron chi connectivity index (χ0n) is 8.20. The predicted octanol–water partition coefficient (Wildman–Crippen LogP) is 1.79. The van der Waals surface area contributed by atoms with Crippen molar-refractivity contribution in [2.24, 2.45) is 0 Å². The summed E-state index contributed by atoms with van der Waals surface area (Å²) in [5.41, 5.74) is 0.181. The summed E-state index contributed by atoms with van der Waals surface area (Å²) in [5.74, 6) is 0.683. The fourth-order valence-corrected chi connectivity index (χ4v) is 1.26. The number of halogens is 1. The number of hydrogen-bond donors (Lipinski definition) is 0. The number of carbonyl (C=O) groups is 1. The lowest BCUT2D eigenvalue weighted by molar-refractivity contribution is 0.111. The highest BCUT2D eigenvalue weighted by atomic mass is 35.5. The van der Waals surface area contributed by atoms with Crippen LogP contribution >= 0.6 is 11.6 Å². The Hall–Kier alpha value is -1.16. The number of nitrogens with zero attached hydrogens (tertiary/aromatic N) is 3. The molecule has 0 spiro atoms. The van der Waals surface area contributed by atoms with Gasteiger partial charge >= 0.3 is 0 Å². The molecule has 0 N–H and O–H groups in total. The van der Waals surface area contributed by atoms with Gasteiger partial charge in [0.05, 0.1) is 6.20 Å². The van der Waals surface area contributed by atoms with Gasteiger partial charge in [-0.2, -0.15) is 0 Å². The topological polar surface area (TPSA) is 46.1 Å². The van der Waals surface area contributed by atoms with Gasteiger partial charge in [-0.05, 0) is 6.42 Å². The Bertz CT molecular complexity index is 330. The highest BCUT2D eigenvalue weighted by Crippen LogP contribution is 2.14. The van der Waals surface area contributed by atoms with Crippen molar-refractivity contribution in [2.75, 3.05) is 18.5 Å². The van der Waals surface area contributed by atoms with Gasteiger partial charge in [0, 0.05) is 13.6 Å². The molecule has 0 aromatic carbocycles. The Labute approximate surface area is 87.9 Å². The van der Waals surface area contributed by atoms with Crippen LogP contribution in [0.2, 0.25) is 5.15 Å². The first-order valence-corrected chi connectivity index (χ1v) is 4.75. The summed E-state index contributed by atoms with van der Waals surface area (Å²) in [6.07, 6.45) is 3.16. The molecule has 0 unspecified atom stereocenters. The molecule has 0 saturated heterocycles. The van der Waals surface area contributed by atoms with Crippen molar-refractivity contribution in [3.05, 3.63) is 17.0 Å². The van der Waals surface area contributed by atoms with Crippen LogP contribution in [-0.2, 0) is 0 Å². The van der Waals surface area contributed by atoms with E-state index in [4.69, 9.17) is 11.6 Å². The van der Waals surface area contributed by atoms with Crippen molar-refractivity contribution >= 4 is 23.7 Å². The summed E-state index contributed by atoms with van der Waals surface area (Å²) in [6.45, 7) is 2.96. The number of hydrogen-bond acceptors (Lipinski definition) is 4. The first-order valence-electron chi connectivity index (χ1n) is 4.38. The first-order chi connectivity index (χ1) is 6.69. The summed E-state index contributed by atoms with van der Waals surface area (Å²) in [5, 5.41) is 0.153. The molecule has 0 bridgehead atoms. The SMILES string of the molecule is CCCN(C)c1cnc(C=O)c(Cl)n1. The van der Waals surface area contributed by atoms with Crippen LogP contribution in [0.4, 0.5) is 5.82 Å². The van der Waals surface area contributed by atoms with Crippen LogP contribution < -0.4 is 4.90 Å². The highest BCUT2D eigenvalue weighted by Gasteiger charge is 2.06. The minimum atomic E-state index is 0.153. The molecule has 0 fully saturated rings. The number of aldehydes is 1. The smallest absolute Gasteiger partial charge is 0.171 e. The molecule has 0 amide bonds. The molecule has 0 aliphatic carbocycles. The van der Waals surface area contributed by atoms with Gasteiger partial charge in [0.15, 0.2) is 11.4 Å². The monoisotopic (exact) mass is 213 g/mol. The van der Waals surface area contributed by atoms with Crippen molar-refractivity contribution in [1.29, 1.82) is 0 Å². The maximum Gasteiger partial charge on any atom is 0.171 e. The zero-order chi connectivity index (χ0) is 10.6. The van der Waals surface area contributed by atoms with Crippen molar-refractivity contribution in [1.82, 2.24) is 9.97 Å². The van der Waals surface area contributed by atoms with E-state index in [0.29, 0.717) is 12.1 Å². The molecule has 76 valence electrons. The molecule has 0 aliphatic heterocycles. The van der Waals surface area contributed by atoms with Crippen LogP contribution in [0.5, 0.6) is 0 Å². The van der Waals surface area contributed by atoms with Crippen LogP contribution in [0.15, 0.2) is 6.20 Å². The molecule has 0 radical (unpaired) electrons. The molecule has 1 rings (SSSR count). The first kappa shape index (κ1) is 10.9. The average Bonchev–Trinajstić information content (AvgIpc) is 2.18. The van der Waals surface area contributed by atoms with E-state index in [1.807, 2.05) is 11.9 Å². The fourth-order valence-electron chi connectivity index (χ4n) is 1.08. The summed E-state index contributed by atoms with van der Waals surface area (Å²) in [7, 11) is 1.91. The third-order valence-electron chi connectivity index (χ3n) is 1.80. The number of anilines is 1. The molecule has 14 heavy (non-hydrogen) atoms. The molecule has 5 heteroatoms. The molecule has 0 aliphatic rings. The van der Waals surface area contributed by atoms with Crippen LogP contribution in [0.3, 0.4) is 0 Å². The van der Waals surface area contributed by atoms with Gasteiger partial charge in [-0.15, -0.1) is 0 Å². The third kappa shape index (κ3) is 2.42. The fraction of sp³-hybridized carbons (Fsp3) is 0.444. The van der Waals surface area contributed by atoms with E-state index in [0.717, 1.165) is 13.0 Å². The van der Waals surface area contributed by atoms with Crippen molar-refractivity contribution in [3.8, 4) is 0 Å². The highest BCUT2D eigenvalue weighted by molar-refractivity contribution is 6.31.